The number of carbonyl (C=O) groups is 1. The molecule has 0 N–H and O–H groups in total. The van der Waals surface area contributed by atoms with E-state index in [4.69, 9.17) is 4.98 Å². The van der Waals surface area contributed by atoms with Crippen LogP contribution in [0.25, 0.3) is 0 Å². The van der Waals surface area contributed by atoms with Gasteiger partial charge < -0.3 is 9.47 Å². The van der Waals surface area contributed by atoms with Crippen molar-refractivity contribution >= 4 is 17.2 Å². The number of aromatic nitrogens is 3. The number of carbonyl (C=O) groups excluding carboxylic acids is 1. The molecule has 0 saturated carbocycles. The number of hydrogen-bond acceptors (Lipinski definition) is 4. The highest BCUT2D eigenvalue weighted by molar-refractivity contribution is 7.09. The number of rotatable bonds is 4. The van der Waals surface area contributed by atoms with E-state index in [1.807, 2.05) is 22.6 Å². The zero-order chi connectivity index (χ0) is 15.5. The molecule has 0 aromatic carbocycles. The second kappa shape index (κ2) is 6.60. The lowest BCUT2D eigenvalue weighted by atomic mass is 9.98. The summed E-state index contributed by atoms with van der Waals surface area (Å²) in [6, 6.07) is -0.191. The van der Waals surface area contributed by atoms with Crippen molar-refractivity contribution in [1.29, 1.82) is 0 Å². The summed E-state index contributed by atoms with van der Waals surface area (Å²) in [5.41, 5.74) is 1.16. The van der Waals surface area contributed by atoms with E-state index in [9.17, 15) is 4.79 Å². The van der Waals surface area contributed by atoms with E-state index >= 15 is 0 Å². The Balaban J connectivity index is 1.68. The van der Waals surface area contributed by atoms with Gasteiger partial charge in [-0.3, -0.25) is 4.79 Å². The minimum atomic E-state index is -0.191. The molecule has 1 amide bonds. The molecule has 22 heavy (non-hydrogen) atoms. The van der Waals surface area contributed by atoms with Gasteiger partial charge in [0.1, 0.15) is 6.04 Å². The third-order valence-electron chi connectivity index (χ3n) is 4.34. The minimum Gasteiger partial charge on any atom is -0.340 e. The first kappa shape index (κ1) is 15.2. The van der Waals surface area contributed by atoms with Crippen molar-refractivity contribution in [2.24, 2.45) is 0 Å². The Bertz CT molecular complexity index is 622. The molecule has 3 rings (SSSR count). The summed E-state index contributed by atoms with van der Waals surface area (Å²) >= 11 is 1.74. The molecule has 2 aromatic heterocycles. The van der Waals surface area contributed by atoms with Crippen molar-refractivity contribution in [2.45, 2.75) is 45.1 Å². The van der Waals surface area contributed by atoms with Crippen LogP contribution in [0.15, 0.2) is 24.1 Å². The Labute approximate surface area is 135 Å². The van der Waals surface area contributed by atoms with E-state index in [1.165, 1.54) is 5.01 Å². The van der Waals surface area contributed by atoms with Gasteiger partial charge in [-0.05, 0) is 26.2 Å². The zero-order valence-corrected chi connectivity index (χ0v) is 13.9. The van der Waals surface area contributed by atoms with E-state index in [-0.39, 0.29) is 11.9 Å². The lowest BCUT2D eigenvalue weighted by Crippen LogP contribution is -2.42. The maximum Gasteiger partial charge on any atom is 0.245 e. The number of aryl methyl sites for hydroxylation is 1. The van der Waals surface area contributed by atoms with Gasteiger partial charge in [0, 0.05) is 36.8 Å². The lowest BCUT2D eigenvalue weighted by molar-refractivity contribution is -0.135. The molecule has 1 aliphatic heterocycles. The van der Waals surface area contributed by atoms with Gasteiger partial charge >= 0.3 is 0 Å². The average molecular weight is 318 g/mol. The molecular weight excluding hydrogens is 296 g/mol. The van der Waals surface area contributed by atoms with Crippen LogP contribution in [0.4, 0.5) is 0 Å². The van der Waals surface area contributed by atoms with Crippen molar-refractivity contribution in [3.8, 4) is 0 Å². The number of likely N-dealkylation sites (tertiary alicyclic amines) is 1. The molecule has 1 fully saturated rings. The summed E-state index contributed by atoms with van der Waals surface area (Å²) < 4.78 is 1.87. The van der Waals surface area contributed by atoms with Crippen molar-refractivity contribution in [1.82, 2.24) is 19.4 Å². The predicted octanol–water partition coefficient (Wildman–Crippen LogP) is 2.87. The summed E-state index contributed by atoms with van der Waals surface area (Å²) in [5.74, 6) is 0.563. The topological polar surface area (TPSA) is 51.0 Å². The van der Waals surface area contributed by atoms with E-state index in [2.05, 4.69) is 17.3 Å². The summed E-state index contributed by atoms with van der Waals surface area (Å²) in [5, 5.41) is 3.33. The quantitative estimate of drug-likeness (QED) is 0.871. The van der Waals surface area contributed by atoms with Crippen LogP contribution in [0.3, 0.4) is 0 Å². The molecule has 1 aliphatic rings. The van der Waals surface area contributed by atoms with Crippen molar-refractivity contribution < 1.29 is 4.79 Å². The first-order valence-corrected chi connectivity index (χ1v) is 8.77. The molecule has 1 saturated heterocycles. The normalized spacial score (nSPS) is 20.1. The van der Waals surface area contributed by atoms with Gasteiger partial charge in [-0.15, -0.1) is 11.3 Å². The first-order valence-electron chi connectivity index (χ1n) is 7.89. The predicted molar refractivity (Wildman–Crippen MR) is 87.0 cm³/mol. The number of thiazole rings is 1. The Hall–Kier alpha value is -1.69. The standard InChI is InChI=1S/C16H22N4OS/c1-3-14-10-22-15(18-14)13-5-4-7-19(9-13)16(21)12(2)20-8-6-17-11-20/h6,8,10-13H,3-5,7,9H2,1-2H3/t12-,13-/m1/s1. The highest BCUT2D eigenvalue weighted by atomic mass is 32.1. The molecule has 0 radical (unpaired) electrons. The van der Waals surface area contributed by atoms with Gasteiger partial charge in [-0.1, -0.05) is 6.92 Å². The van der Waals surface area contributed by atoms with Crippen LogP contribution in [-0.2, 0) is 11.2 Å². The molecule has 3 heterocycles. The highest BCUT2D eigenvalue weighted by Crippen LogP contribution is 2.30. The number of hydrogen-bond donors (Lipinski definition) is 0. The smallest absolute Gasteiger partial charge is 0.245 e. The van der Waals surface area contributed by atoms with Crippen LogP contribution >= 0.6 is 11.3 Å². The molecule has 6 heteroatoms. The third kappa shape index (κ3) is 3.06. The number of imidazole rings is 1. The largest absolute Gasteiger partial charge is 0.340 e. The van der Waals surface area contributed by atoms with Crippen LogP contribution < -0.4 is 0 Å². The van der Waals surface area contributed by atoms with Crippen molar-refractivity contribution in [3.63, 3.8) is 0 Å². The van der Waals surface area contributed by atoms with Gasteiger partial charge in [-0.25, -0.2) is 9.97 Å². The molecule has 0 aliphatic carbocycles. The van der Waals surface area contributed by atoms with Crippen LogP contribution in [0.1, 0.15) is 49.4 Å². The van der Waals surface area contributed by atoms with Crippen molar-refractivity contribution in [2.75, 3.05) is 13.1 Å². The zero-order valence-electron chi connectivity index (χ0n) is 13.1. The second-order valence-corrected chi connectivity index (χ2v) is 6.73. The molecule has 0 bridgehead atoms. The fourth-order valence-corrected chi connectivity index (χ4v) is 3.97. The Kier molecular flexibility index (Phi) is 4.57. The average Bonchev–Trinajstić information content (AvgIpc) is 3.24. The van der Waals surface area contributed by atoms with Gasteiger partial charge in [-0.2, -0.15) is 0 Å². The molecule has 118 valence electrons. The fourth-order valence-electron chi connectivity index (χ4n) is 2.94. The SMILES string of the molecule is CCc1csc([C@@H]2CCCN(C(=O)[C@@H](C)n3ccnc3)C2)n1. The van der Waals surface area contributed by atoms with Crippen LogP contribution in [0.5, 0.6) is 0 Å². The summed E-state index contributed by atoms with van der Waals surface area (Å²) in [4.78, 5) is 23.4. The Morgan fingerprint density at radius 2 is 2.41 bits per heavy atom. The minimum absolute atomic E-state index is 0.176. The second-order valence-electron chi connectivity index (χ2n) is 5.84. The third-order valence-corrected chi connectivity index (χ3v) is 5.40. The molecule has 0 spiro atoms. The van der Waals surface area contributed by atoms with E-state index in [0.717, 1.165) is 38.0 Å². The monoisotopic (exact) mass is 318 g/mol. The van der Waals surface area contributed by atoms with Gasteiger partial charge in [0.05, 0.1) is 17.0 Å². The van der Waals surface area contributed by atoms with Crippen LogP contribution in [0, 0.1) is 0 Å². The Morgan fingerprint density at radius 1 is 1.55 bits per heavy atom. The van der Waals surface area contributed by atoms with Crippen LogP contribution in [0.2, 0.25) is 0 Å². The summed E-state index contributed by atoms with van der Waals surface area (Å²) in [7, 11) is 0. The van der Waals surface area contributed by atoms with E-state index in [0.29, 0.717) is 5.92 Å². The van der Waals surface area contributed by atoms with Gasteiger partial charge in [0.15, 0.2) is 0 Å². The molecular formula is C16H22N4OS. The number of nitrogens with zero attached hydrogens (tertiary/aromatic N) is 4. The van der Waals surface area contributed by atoms with Gasteiger partial charge in [0.25, 0.3) is 0 Å². The summed E-state index contributed by atoms with van der Waals surface area (Å²) in [6.45, 7) is 5.70. The molecule has 2 atom stereocenters. The van der Waals surface area contributed by atoms with Crippen molar-refractivity contribution in [3.05, 3.63) is 34.8 Å². The maximum absolute atomic E-state index is 12.7. The van der Waals surface area contributed by atoms with E-state index in [1.54, 1.807) is 23.9 Å². The highest BCUT2D eigenvalue weighted by Gasteiger charge is 2.29. The van der Waals surface area contributed by atoms with E-state index < -0.39 is 0 Å². The summed E-state index contributed by atoms with van der Waals surface area (Å²) in [6.07, 6.45) is 8.42. The van der Waals surface area contributed by atoms with Gasteiger partial charge in [0.2, 0.25) is 5.91 Å². The molecule has 5 nitrogen and oxygen atoms in total. The molecule has 2 aromatic rings. The maximum atomic E-state index is 12.7. The fraction of sp³-hybridized carbons (Fsp3) is 0.562. The Morgan fingerprint density at radius 3 is 3.09 bits per heavy atom. The number of piperidine rings is 1. The number of amides is 1. The first-order chi connectivity index (χ1) is 10.7. The molecule has 0 unspecified atom stereocenters. The van der Waals surface area contributed by atoms with Crippen LogP contribution in [-0.4, -0.2) is 38.4 Å². The lowest BCUT2D eigenvalue weighted by Gasteiger charge is -2.33.